The fraction of sp³-hybridized carbons (Fsp3) is 0.304. The average Bonchev–Trinajstić information content (AvgIpc) is 2.61. The molecule has 1 aliphatic rings. The molecule has 2 aromatic carbocycles. The molecule has 0 unspecified atom stereocenters. The fourth-order valence-corrected chi connectivity index (χ4v) is 4.49. The minimum Gasteiger partial charge on any atom is -0.360 e. The number of carbonyl (C=O) groups is 1. The SMILES string of the molecule is CC1=CC(C)(C)N(C(C)C)c2ccc(/C=N\NC(=O)c3cccc(I)c3)cc21. The monoisotopic (exact) mass is 487 g/mol. The minimum absolute atomic E-state index is 0.0258. The predicted molar refractivity (Wildman–Crippen MR) is 126 cm³/mol. The molecule has 28 heavy (non-hydrogen) atoms. The summed E-state index contributed by atoms with van der Waals surface area (Å²) in [7, 11) is 0. The summed E-state index contributed by atoms with van der Waals surface area (Å²) < 4.78 is 1.02. The number of nitrogens with zero attached hydrogens (tertiary/aromatic N) is 2. The highest BCUT2D eigenvalue weighted by molar-refractivity contribution is 14.1. The van der Waals surface area contributed by atoms with E-state index in [4.69, 9.17) is 0 Å². The van der Waals surface area contributed by atoms with Gasteiger partial charge in [-0.3, -0.25) is 4.79 Å². The van der Waals surface area contributed by atoms with Gasteiger partial charge >= 0.3 is 0 Å². The Labute approximate surface area is 180 Å². The number of hydrogen-bond acceptors (Lipinski definition) is 3. The number of benzene rings is 2. The van der Waals surface area contributed by atoms with Gasteiger partial charge in [-0.25, -0.2) is 5.43 Å². The first kappa shape index (κ1) is 20.6. The van der Waals surface area contributed by atoms with E-state index < -0.39 is 0 Å². The van der Waals surface area contributed by atoms with Crippen LogP contribution in [0, 0.1) is 3.57 Å². The highest BCUT2D eigenvalue weighted by Crippen LogP contribution is 2.40. The van der Waals surface area contributed by atoms with E-state index in [0.29, 0.717) is 11.6 Å². The number of amides is 1. The van der Waals surface area contributed by atoms with Crippen LogP contribution in [-0.4, -0.2) is 23.7 Å². The van der Waals surface area contributed by atoms with Crippen molar-refractivity contribution in [3.63, 3.8) is 0 Å². The number of nitrogens with one attached hydrogen (secondary N) is 1. The largest absolute Gasteiger partial charge is 0.360 e. The molecule has 0 fully saturated rings. The van der Waals surface area contributed by atoms with Gasteiger partial charge in [-0.05, 0) is 98.7 Å². The molecule has 1 aliphatic heterocycles. The lowest BCUT2D eigenvalue weighted by Gasteiger charge is -2.46. The Balaban J connectivity index is 1.81. The number of anilines is 1. The Morgan fingerprint density at radius 2 is 1.96 bits per heavy atom. The van der Waals surface area contributed by atoms with Gasteiger partial charge in [0, 0.05) is 26.4 Å². The second-order valence-electron chi connectivity index (χ2n) is 7.93. The van der Waals surface area contributed by atoms with Crippen molar-refractivity contribution < 1.29 is 4.79 Å². The molecule has 3 rings (SSSR count). The topological polar surface area (TPSA) is 44.7 Å². The van der Waals surface area contributed by atoms with Crippen LogP contribution in [0.2, 0.25) is 0 Å². The summed E-state index contributed by atoms with van der Waals surface area (Å²) in [5.74, 6) is -0.212. The Hall–Kier alpha value is -2.15. The second kappa shape index (κ2) is 8.07. The molecule has 1 N–H and O–H groups in total. The quantitative estimate of drug-likeness (QED) is 0.354. The van der Waals surface area contributed by atoms with E-state index in [-0.39, 0.29) is 11.4 Å². The zero-order valence-electron chi connectivity index (χ0n) is 17.0. The van der Waals surface area contributed by atoms with Crippen LogP contribution < -0.4 is 10.3 Å². The second-order valence-corrected chi connectivity index (χ2v) is 9.18. The molecule has 1 heterocycles. The van der Waals surface area contributed by atoms with Crippen LogP contribution >= 0.6 is 22.6 Å². The van der Waals surface area contributed by atoms with Crippen molar-refractivity contribution >= 4 is 46.0 Å². The number of hydrogen-bond donors (Lipinski definition) is 1. The molecule has 0 aliphatic carbocycles. The molecule has 146 valence electrons. The molecule has 0 radical (unpaired) electrons. The van der Waals surface area contributed by atoms with Crippen LogP contribution in [0.15, 0.2) is 53.6 Å². The Morgan fingerprint density at radius 3 is 2.64 bits per heavy atom. The number of halogens is 1. The molecule has 2 aromatic rings. The molecule has 0 atom stereocenters. The van der Waals surface area contributed by atoms with Gasteiger partial charge in [0.2, 0.25) is 0 Å². The number of hydrazone groups is 1. The van der Waals surface area contributed by atoms with Gasteiger partial charge in [0.1, 0.15) is 0 Å². The van der Waals surface area contributed by atoms with Crippen molar-refractivity contribution in [1.82, 2.24) is 5.43 Å². The van der Waals surface area contributed by atoms with Gasteiger partial charge in [-0.2, -0.15) is 5.10 Å². The molecule has 0 aromatic heterocycles. The third-order valence-electron chi connectivity index (χ3n) is 4.88. The zero-order chi connectivity index (χ0) is 20.5. The van der Waals surface area contributed by atoms with E-state index in [0.717, 1.165) is 9.13 Å². The molecule has 1 amide bonds. The van der Waals surface area contributed by atoms with Crippen molar-refractivity contribution in [2.45, 2.75) is 46.2 Å². The van der Waals surface area contributed by atoms with Crippen LogP contribution in [0.5, 0.6) is 0 Å². The molecule has 0 saturated carbocycles. The van der Waals surface area contributed by atoms with E-state index >= 15 is 0 Å². The lowest BCUT2D eigenvalue weighted by molar-refractivity contribution is 0.0955. The van der Waals surface area contributed by atoms with Crippen molar-refractivity contribution in [2.24, 2.45) is 5.10 Å². The van der Waals surface area contributed by atoms with Gasteiger partial charge in [0.05, 0.1) is 11.8 Å². The maximum Gasteiger partial charge on any atom is 0.271 e. The fourth-order valence-electron chi connectivity index (χ4n) is 3.95. The van der Waals surface area contributed by atoms with Crippen LogP contribution in [0.3, 0.4) is 0 Å². The van der Waals surface area contributed by atoms with Crippen molar-refractivity contribution in [3.8, 4) is 0 Å². The van der Waals surface area contributed by atoms with Crippen molar-refractivity contribution in [1.29, 1.82) is 0 Å². The molecular formula is C23H26IN3O. The van der Waals surface area contributed by atoms with E-state index in [1.165, 1.54) is 16.8 Å². The first-order valence-corrected chi connectivity index (χ1v) is 10.5. The van der Waals surface area contributed by atoms with Crippen LogP contribution in [0.1, 0.15) is 56.1 Å². The predicted octanol–water partition coefficient (Wildman–Crippen LogP) is 5.47. The maximum absolute atomic E-state index is 12.2. The van der Waals surface area contributed by atoms with Gasteiger partial charge in [-0.15, -0.1) is 0 Å². The van der Waals surface area contributed by atoms with Crippen molar-refractivity contribution in [3.05, 3.63) is 68.8 Å². The van der Waals surface area contributed by atoms with Gasteiger partial charge in [0.25, 0.3) is 5.91 Å². The average molecular weight is 487 g/mol. The Morgan fingerprint density at radius 1 is 1.21 bits per heavy atom. The van der Waals surface area contributed by atoms with Gasteiger partial charge in [-0.1, -0.05) is 18.2 Å². The number of carbonyl (C=O) groups excluding carboxylic acids is 1. The third-order valence-corrected chi connectivity index (χ3v) is 5.55. The third kappa shape index (κ3) is 4.29. The van der Waals surface area contributed by atoms with E-state index in [9.17, 15) is 4.79 Å². The standard InChI is InChI=1S/C23H26IN3O/c1-15(2)27-21-10-9-17(11-20(21)16(3)13-23(27,4)5)14-25-26-22(28)18-7-6-8-19(24)12-18/h6-15H,1-5H3,(H,26,28)/b25-14-. The molecule has 0 spiro atoms. The molecule has 4 nitrogen and oxygen atoms in total. The van der Waals surface area contributed by atoms with Gasteiger partial charge in [0.15, 0.2) is 0 Å². The summed E-state index contributed by atoms with van der Waals surface area (Å²) in [5, 5.41) is 4.14. The number of fused-ring (bicyclic) bond motifs is 1. The summed E-state index contributed by atoms with van der Waals surface area (Å²) in [5.41, 5.74) is 7.84. The van der Waals surface area contributed by atoms with Crippen LogP contribution in [0.25, 0.3) is 5.57 Å². The number of rotatable bonds is 4. The summed E-state index contributed by atoms with van der Waals surface area (Å²) in [4.78, 5) is 14.7. The first-order chi connectivity index (χ1) is 13.2. The highest BCUT2D eigenvalue weighted by atomic mass is 127. The van der Waals surface area contributed by atoms with Crippen LogP contribution in [0.4, 0.5) is 5.69 Å². The first-order valence-electron chi connectivity index (χ1n) is 9.41. The highest BCUT2D eigenvalue weighted by Gasteiger charge is 2.32. The summed E-state index contributed by atoms with van der Waals surface area (Å²) >= 11 is 2.19. The summed E-state index contributed by atoms with van der Waals surface area (Å²) in [6.07, 6.45) is 4.01. The lowest BCUT2D eigenvalue weighted by Crippen LogP contribution is -2.49. The maximum atomic E-state index is 12.2. The van der Waals surface area contributed by atoms with E-state index in [1.54, 1.807) is 12.3 Å². The molecule has 0 bridgehead atoms. The molecule has 0 saturated heterocycles. The molecular weight excluding hydrogens is 461 g/mol. The summed E-state index contributed by atoms with van der Waals surface area (Å²) in [6.45, 7) is 11.1. The van der Waals surface area contributed by atoms with E-state index in [1.807, 2.05) is 24.3 Å². The normalized spacial score (nSPS) is 15.5. The molecule has 5 heteroatoms. The van der Waals surface area contributed by atoms with Gasteiger partial charge < -0.3 is 4.90 Å². The number of allylic oxidation sites excluding steroid dienone is 1. The van der Waals surface area contributed by atoms with E-state index in [2.05, 4.69) is 90.8 Å². The minimum atomic E-state index is -0.212. The zero-order valence-corrected chi connectivity index (χ0v) is 19.1. The Bertz CT molecular complexity index is 960. The lowest BCUT2D eigenvalue weighted by atomic mass is 9.87. The smallest absolute Gasteiger partial charge is 0.271 e. The van der Waals surface area contributed by atoms with Crippen molar-refractivity contribution in [2.75, 3.05) is 4.90 Å². The summed E-state index contributed by atoms with van der Waals surface area (Å²) in [6, 6.07) is 14.1. The van der Waals surface area contributed by atoms with Crippen LogP contribution in [-0.2, 0) is 0 Å². The Kier molecular flexibility index (Phi) is 5.93.